The number of carbonyl (C=O) groups excluding carboxylic acids is 2. The molecule has 0 radical (unpaired) electrons. The number of likely N-dealkylation sites (N-methyl/N-ethyl adjacent to an activating group) is 1. The first-order valence-electron chi connectivity index (χ1n) is 5.73. The van der Waals surface area contributed by atoms with Gasteiger partial charge in [-0.2, -0.15) is 0 Å². The Kier molecular flexibility index (Phi) is 3.41. The average molecular weight is 262 g/mol. The molecule has 0 aliphatic rings. The summed E-state index contributed by atoms with van der Waals surface area (Å²) in [7, 11) is 1.47. The van der Waals surface area contributed by atoms with E-state index in [1.807, 2.05) is 0 Å². The van der Waals surface area contributed by atoms with Crippen molar-refractivity contribution in [2.45, 2.75) is 13.0 Å². The highest BCUT2D eigenvalue weighted by Crippen LogP contribution is 2.22. The summed E-state index contributed by atoms with van der Waals surface area (Å²) in [5.74, 6) is -1.03. The number of furan rings is 1. The molecule has 0 spiro atoms. The highest BCUT2D eigenvalue weighted by Gasteiger charge is 2.20. The highest BCUT2D eigenvalue weighted by molar-refractivity contribution is 5.94. The van der Waals surface area contributed by atoms with E-state index in [0.29, 0.717) is 16.7 Å². The number of esters is 1. The van der Waals surface area contributed by atoms with Gasteiger partial charge in [0, 0.05) is 18.1 Å². The zero-order chi connectivity index (χ0) is 14.0. The molecule has 3 N–H and O–H groups in total. The Hall–Kier alpha value is -2.50. The molecule has 1 heterocycles. The minimum atomic E-state index is -0.879. The molecule has 0 aliphatic carbocycles. The molecule has 6 heteroatoms. The van der Waals surface area contributed by atoms with Gasteiger partial charge >= 0.3 is 5.97 Å². The van der Waals surface area contributed by atoms with Crippen molar-refractivity contribution < 1.29 is 18.7 Å². The van der Waals surface area contributed by atoms with Gasteiger partial charge in [0.1, 0.15) is 5.58 Å². The van der Waals surface area contributed by atoms with Gasteiger partial charge in [-0.3, -0.25) is 4.79 Å². The van der Waals surface area contributed by atoms with Crippen LogP contribution in [0.25, 0.3) is 11.0 Å². The second kappa shape index (κ2) is 5.01. The minimum absolute atomic E-state index is 0.0383. The summed E-state index contributed by atoms with van der Waals surface area (Å²) in [6.07, 6.45) is -0.879. The van der Waals surface area contributed by atoms with Crippen LogP contribution in [0, 0.1) is 0 Å². The van der Waals surface area contributed by atoms with Gasteiger partial charge in [0.15, 0.2) is 6.10 Å². The van der Waals surface area contributed by atoms with Gasteiger partial charge in [-0.25, -0.2) is 4.79 Å². The predicted octanol–water partition coefficient (Wildman–Crippen LogP) is 1.31. The number of benzene rings is 1. The Morgan fingerprint density at radius 2 is 2.11 bits per heavy atom. The van der Waals surface area contributed by atoms with E-state index in [4.69, 9.17) is 14.9 Å². The standard InChI is InChI=1S/C13H14N2O4/c1-7(12(16)15-2)18-13(17)11-6-8-5-9(14)3-4-10(8)19-11/h3-7H,14H2,1-2H3,(H,15,16). The van der Waals surface area contributed by atoms with Crippen LogP contribution in [-0.2, 0) is 9.53 Å². The fourth-order valence-electron chi connectivity index (χ4n) is 1.64. The van der Waals surface area contributed by atoms with E-state index in [1.165, 1.54) is 20.0 Å². The second-order valence-corrected chi connectivity index (χ2v) is 4.07. The van der Waals surface area contributed by atoms with Crippen molar-refractivity contribution in [1.82, 2.24) is 5.32 Å². The molecule has 0 aliphatic heterocycles. The molecular weight excluding hydrogens is 248 g/mol. The number of carbonyl (C=O) groups is 2. The third-order valence-electron chi connectivity index (χ3n) is 2.64. The normalized spacial score (nSPS) is 12.1. The summed E-state index contributed by atoms with van der Waals surface area (Å²) < 4.78 is 10.3. The largest absolute Gasteiger partial charge is 0.449 e. The van der Waals surface area contributed by atoms with E-state index < -0.39 is 12.1 Å². The van der Waals surface area contributed by atoms with Gasteiger partial charge in [0.05, 0.1) is 0 Å². The SMILES string of the molecule is CNC(=O)C(C)OC(=O)c1cc2cc(N)ccc2o1. The van der Waals surface area contributed by atoms with Crippen LogP contribution in [0.1, 0.15) is 17.5 Å². The first-order chi connectivity index (χ1) is 9.01. The molecule has 0 saturated heterocycles. The molecule has 100 valence electrons. The first kappa shape index (κ1) is 12.9. The van der Waals surface area contributed by atoms with Crippen LogP contribution >= 0.6 is 0 Å². The number of ether oxygens (including phenoxy) is 1. The molecule has 2 aromatic rings. The molecule has 0 fully saturated rings. The molecule has 1 atom stereocenters. The number of rotatable bonds is 3. The van der Waals surface area contributed by atoms with E-state index >= 15 is 0 Å². The fourth-order valence-corrected chi connectivity index (χ4v) is 1.64. The van der Waals surface area contributed by atoms with Crippen molar-refractivity contribution >= 4 is 28.5 Å². The molecule has 1 aromatic heterocycles. The summed E-state index contributed by atoms with van der Waals surface area (Å²) in [4.78, 5) is 23.1. The number of amides is 1. The molecule has 0 saturated carbocycles. The van der Waals surface area contributed by atoms with E-state index in [2.05, 4.69) is 5.32 Å². The fraction of sp³-hybridized carbons (Fsp3) is 0.231. The maximum Gasteiger partial charge on any atom is 0.375 e. The Balaban J connectivity index is 2.20. The Bertz CT molecular complexity index is 633. The monoisotopic (exact) mass is 262 g/mol. The third-order valence-corrected chi connectivity index (χ3v) is 2.64. The van der Waals surface area contributed by atoms with Crippen LogP contribution in [-0.4, -0.2) is 25.0 Å². The quantitative estimate of drug-likeness (QED) is 0.642. The highest BCUT2D eigenvalue weighted by atomic mass is 16.6. The van der Waals surface area contributed by atoms with Gasteiger partial charge in [-0.15, -0.1) is 0 Å². The smallest absolute Gasteiger partial charge is 0.375 e. The molecule has 0 bridgehead atoms. The van der Waals surface area contributed by atoms with Gasteiger partial charge in [-0.1, -0.05) is 0 Å². The van der Waals surface area contributed by atoms with E-state index in [-0.39, 0.29) is 11.7 Å². The van der Waals surface area contributed by atoms with Crippen LogP contribution in [0.15, 0.2) is 28.7 Å². The maximum absolute atomic E-state index is 11.8. The van der Waals surface area contributed by atoms with Crippen LogP contribution in [0.4, 0.5) is 5.69 Å². The van der Waals surface area contributed by atoms with Crippen molar-refractivity contribution in [3.63, 3.8) is 0 Å². The number of hydrogen-bond donors (Lipinski definition) is 2. The van der Waals surface area contributed by atoms with Crippen LogP contribution in [0.2, 0.25) is 0 Å². The summed E-state index contributed by atoms with van der Waals surface area (Å²) in [6, 6.07) is 6.57. The van der Waals surface area contributed by atoms with Crippen LogP contribution in [0.5, 0.6) is 0 Å². The molecule has 19 heavy (non-hydrogen) atoms. The van der Waals surface area contributed by atoms with Crippen LogP contribution < -0.4 is 11.1 Å². The van der Waals surface area contributed by atoms with Crippen LogP contribution in [0.3, 0.4) is 0 Å². The van der Waals surface area contributed by atoms with E-state index in [0.717, 1.165) is 0 Å². The summed E-state index contributed by atoms with van der Waals surface area (Å²) >= 11 is 0. The Morgan fingerprint density at radius 3 is 2.79 bits per heavy atom. The number of anilines is 1. The van der Waals surface area contributed by atoms with Gasteiger partial charge in [0.25, 0.3) is 5.91 Å². The van der Waals surface area contributed by atoms with Gasteiger partial charge in [-0.05, 0) is 31.2 Å². The van der Waals surface area contributed by atoms with E-state index in [9.17, 15) is 9.59 Å². The lowest BCUT2D eigenvalue weighted by atomic mass is 10.2. The van der Waals surface area contributed by atoms with Gasteiger partial charge < -0.3 is 20.2 Å². The maximum atomic E-state index is 11.8. The summed E-state index contributed by atoms with van der Waals surface area (Å²) in [5.41, 5.74) is 6.75. The van der Waals surface area contributed by atoms with E-state index in [1.54, 1.807) is 18.2 Å². The predicted molar refractivity (Wildman–Crippen MR) is 69.6 cm³/mol. The molecular formula is C13H14N2O4. The van der Waals surface area contributed by atoms with Crippen molar-refractivity contribution in [2.24, 2.45) is 0 Å². The van der Waals surface area contributed by atoms with Crippen molar-refractivity contribution in [2.75, 3.05) is 12.8 Å². The Labute approximate surface area is 109 Å². The number of nitrogen functional groups attached to an aromatic ring is 1. The molecule has 1 amide bonds. The van der Waals surface area contributed by atoms with Gasteiger partial charge in [0.2, 0.25) is 5.76 Å². The topological polar surface area (TPSA) is 94.6 Å². The second-order valence-electron chi connectivity index (χ2n) is 4.07. The zero-order valence-electron chi connectivity index (χ0n) is 10.6. The zero-order valence-corrected chi connectivity index (χ0v) is 10.6. The van der Waals surface area contributed by atoms with Crippen molar-refractivity contribution in [1.29, 1.82) is 0 Å². The first-order valence-corrected chi connectivity index (χ1v) is 5.73. The van der Waals surface area contributed by atoms with Crippen molar-refractivity contribution in [3.8, 4) is 0 Å². The average Bonchev–Trinajstić information content (AvgIpc) is 2.80. The number of fused-ring (bicyclic) bond motifs is 1. The number of nitrogens with one attached hydrogen (secondary N) is 1. The lowest BCUT2D eigenvalue weighted by Crippen LogP contribution is -2.33. The molecule has 6 nitrogen and oxygen atoms in total. The van der Waals surface area contributed by atoms with Crippen molar-refractivity contribution in [3.05, 3.63) is 30.0 Å². The third kappa shape index (κ3) is 2.67. The Morgan fingerprint density at radius 1 is 1.37 bits per heavy atom. The minimum Gasteiger partial charge on any atom is -0.449 e. The molecule has 1 aromatic carbocycles. The molecule has 2 rings (SSSR count). The number of nitrogens with two attached hydrogens (primary N) is 1. The summed E-state index contributed by atoms with van der Waals surface area (Å²) in [6.45, 7) is 1.48. The lowest BCUT2D eigenvalue weighted by molar-refractivity contribution is -0.128. The number of hydrogen-bond acceptors (Lipinski definition) is 5. The molecule has 1 unspecified atom stereocenters. The summed E-state index contributed by atoms with van der Waals surface area (Å²) in [5, 5.41) is 3.10. The lowest BCUT2D eigenvalue weighted by Gasteiger charge is -2.09.